The second-order valence-corrected chi connectivity index (χ2v) is 5.85. The molecule has 2 heterocycles. The minimum absolute atomic E-state index is 0.140. The van der Waals surface area contributed by atoms with E-state index >= 15 is 0 Å². The van der Waals surface area contributed by atoms with Gasteiger partial charge in [0.1, 0.15) is 18.2 Å². The van der Waals surface area contributed by atoms with E-state index in [1.807, 2.05) is 40.8 Å². The predicted octanol–water partition coefficient (Wildman–Crippen LogP) is 1.36. The van der Waals surface area contributed by atoms with Gasteiger partial charge in [0.2, 0.25) is 5.91 Å². The maximum Gasteiger partial charge on any atom is 0.223 e. The number of morpholine rings is 1. The van der Waals surface area contributed by atoms with Crippen molar-refractivity contribution in [2.45, 2.75) is 18.9 Å². The quantitative estimate of drug-likeness (QED) is 0.828. The zero-order chi connectivity index (χ0) is 16.9. The van der Waals surface area contributed by atoms with Crippen LogP contribution in [-0.4, -0.2) is 52.4 Å². The Labute approximate surface area is 141 Å². The summed E-state index contributed by atoms with van der Waals surface area (Å²) >= 11 is 0. The van der Waals surface area contributed by atoms with E-state index in [1.165, 1.54) is 0 Å². The Bertz CT molecular complexity index is 683. The molecule has 1 aromatic carbocycles. The first-order valence-electron chi connectivity index (χ1n) is 8.03. The summed E-state index contributed by atoms with van der Waals surface area (Å²) in [5.74, 6) is 1.72. The van der Waals surface area contributed by atoms with Crippen molar-refractivity contribution in [3.8, 4) is 5.75 Å². The first-order chi connectivity index (χ1) is 11.7. The lowest BCUT2D eigenvalue weighted by molar-refractivity contribution is -0.139. The van der Waals surface area contributed by atoms with Crippen molar-refractivity contribution in [3.05, 3.63) is 42.0 Å². The molecule has 1 aliphatic rings. The van der Waals surface area contributed by atoms with Crippen LogP contribution < -0.4 is 4.74 Å². The predicted molar refractivity (Wildman–Crippen MR) is 87.6 cm³/mol. The van der Waals surface area contributed by atoms with Crippen LogP contribution in [0.25, 0.3) is 0 Å². The molecule has 1 amide bonds. The molecule has 0 bridgehead atoms. The molecule has 0 N–H and O–H groups in total. The Kier molecular flexibility index (Phi) is 5.10. The number of methoxy groups -OCH3 is 1. The van der Waals surface area contributed by atoms with E-state index < -0.39 is 0 Å². The van der Waals surface area contributed by atoms with E-state index in [1.54, 1.807) is 13.4 Å². The summed E-state index contributed by atoms with van der Waals surface area (Å²) in [6.07, 6.45) is 2.63. The summed E-state index contributed by atoms with van der Waals surface area (Å²) in [5, 5.41) is 7.96. The fraction of sp³-hybridized carbons (Fsp3) is 0.471. The first-order valence-corrected chi connectivity index (χ1v) is 8.03. The van der Waals surface area contributed by atoms with Gasteiger partial charge in [-0.15, -0.1) is 10.2 Å². The first kappa shape index (κ1) is 16.4. The molecule has 24 heavy (non-hydrogen) atoms. The fourth-order valence-corrected chi connectivity index (χ4v) is 2.82. The number of amides is 1. The molecule has 0 saturated carbocycles. The molecule has 1 saturated heterocycles. The minimum Gasteiger partial charge on any atom is -0.497 e. The molecule has 1 aromatic heterocycles. The van der Waals surface area contributed by atoms with Gasteiger partial charge in [-0.05, 0) is 24.1 Å². The number of carbonyl (C=O) groups excluding carboxylic acids is 1. The van der Waals surface area contributed by atoms with Crippen molar-refractivity contribution in [1.82, 2.24) is 19.7 Å². The third-order valence-corrected chi connectivity index (χ3v) is 4.24. The molecule has 1 fully saturated rings. The van der Waals surface area contributed by atoms with Crippen LogP contribution >= 0.6 is 0 Å². The zero-order valence-electron chi connectivity index (χ0n) is 14.0. The van der Waals surface area contributed by atoms with Gasteiger partial charge in [0.15, 0.2) is 5.82 Å². The lowest BCUT2D eigenvalue weighted by atomic mass is 10.1. The summed E-state index contributed by atoms with van der Waals surface area (Å²) in [6.45, 7) is 1.66. The topological polar surface area (TPSA) is 69.5 Å². The molecule has 0 unspecified atom stereocenters. The number of aromatic nitrogens is 3. The van der Waals surface area contributed by atoms with Gasteiger partial charge in [-0.1, -0.05) is 12.1 Å². The molecule has 0 radical (unpaired) electrons. The second-order valence-electron chi connectivity index (χ2n) is 5.85. The highest BCUT2D eigenvalue weighted by Crippen LogP contribution is 2.21. The Morgan fingerprint density at radius 1 is 1.38 bits per heavy atom. The van der Waals surface area contributed by atoms with Gasteiger partial charge in [-0.3, -0.25) is 4.79 Å². The van der Waals surface area contributed by atoms with Crippen LogP contribution in [0.15, 0.2) is 30.6 Å². The summed E-state index contributed by atoms with van der Waals surface area (Å²) in [4.78, 5) is 14.4. The molecule has 2 aromatic rings. The number of nitrogens with zero attached hydrogens (tertiary/aromatic N) is 4. The third-order valence-electron chi connectivity index (χ3n) is 4.24. The van der Waals surface area contributed by atoms with Gasteiger partial charge in [0.05, 0.1) is 20.3 Å². The van der Waals surface area contributed by atoms with E-state index in [0.717, 1.165) is 23.6 Å². The van der Waals surface area contributed by atoms with Crippen LogP contribution in [0.4, 0.5) is 0 Å². The number of rotatable bonds is 5. The maximum atomic E-state index is 12.5. The molecule has 3 rings (SSSR count). The highest BCUT2D eigenvalue weighted by molar-refractivity contribution is 5.76. The van der Waals surface area contributed by atoms with Crippen LogP contribution in [0, 0.1) is 0 Å². The summed E-state index contributed by atoms with van der Waals surface area (Å²) < 4.78 is 12.7. The van der Waals surface area contributed by atoms with E-state index in [9.17, 15) is 4.79 Å². The summed E-state index contributed by atoms with van der Waals surface area (Å²) in [6, 6.07) is 7.82. The number of carbonyl (C=O) groups is 1. The van der Waals surface area contributed by atoms with Crippen molar-refractivity contribution in [2.24, 2.45) is 7.05 Å². The van der Waals surface area contributed by atoms with Crippen LogP contribution in [0.2, 0.25) is 0 Å². The van der Waals surface area contributed by atoms with Crippen molar-refractivity contribution >= 4 is 5.91 Å². The number of aryl methyl sites for hydroxylation is 2. The monoisotopic (exact) mass is 330 g/mol. The lowest BCUT2D eigenvalue weighted by Gasteiger charge is -2.32. The van der Waals surface area contributed by atoms with E-state index in [0.29, 0.717) is 26.1 Å². The van der Waals surface area contributed by atoms with E-state index in [4.69, 9.17) is 9.47 Å². The molecule has 0 aliphatic carbocycles. The summed E-state index contributed by atoms with van der Waals surface area (Å²) in [5.41, 5.74) is 1.13. The molecule has 7 heteroatoms. The number of ether oxygens (including phenoxy) is 2. The van der Waals surface area contributed by atoms with Gasteiger partial charge in [-0.25, -0.2) is 0 Å². The van der Waals surface area contributed by atoms with Gasteiger partial charge >= 0.3 is 0 Å². The van der Waals surface area contributed by atoms with Crippen LogP contribution in [0.1, 0.15) is 23.9 Å². The molecule has 7 nitrogen and oxygen atoms in total. The molecular weight excluding hydrogens is 308 g/mol. The zero-order valence-corrected chi connectivity index (χ0v) is 14.0. The lowest BCUT2D eigenvalue weighted by Crippen LogP contribution is -2.42. The highest BCUT2D eigenvalue weighted by atomic mass is 16.5. The number of hydrogen-bond acceptors (Lipinski definition) is 5. The van der Waals surface area contributed by atoms with Gasteiger partial charge in [-0.2, -0.15) is 0 Å². The van der Waals surface area contributed by atoms with Crippen LogP contribution in [0.3, 0.4) is 0 Å². The molecule has 0 spiro atoms. The van der Waals surface area contributed by atoms with Gasteiger partial charge < -0.3 is 18.9 Å². The van der Waals surface area contributed by atoms with Gasteiger partial charge in [0.25, 0.3) is 0 Å². The second kappa shape index (κ2) is 7.44. The maximum absolute atomic E-state index is 12.5. The Balaban J connectivity index is 1.55. The minimum atomic E-state index is -0.212. The normalized spacial score (nSPS) is 17.8. The average molecular weight is 330 g/mol. The standard InChI is InChI=1S/C17H22N4O3/c1-20-12-18-19-17(20)15-11-21(9-10-24-15)16(22)8-5-13-3-6-14(23-2)7-4-13/h3-4,6-7,12,15H,5,8-11H2,1-2H3/t15-/m1/s1. The van der Waals surface area contributed by atoms with Crippen molar-refractivity contribution in [1.29, 1.82) is 0 Å². The molecular formula is C17H22N4O3. The smallest absolute Gasteiger partial charge is 0.223 e. The SMILES string of the molecule is COc1ccc(CCC(=O)N2CCO[C@@H](c3nncn3C)C2)cc1. The molecule has 128 valence electrons. The highest BCUT2D eigenvalue weighted by Gasteiger charge is 2.27. The number of hydrogen-bond donors (Lipinski definition) is 0. The van der Waals surface area contributed by atoms with Gasteiger partial charge in [0, 0.05) is 20.0 Å². The van der Waals surface area contributed by atoms with Crippen LogP contribution in [0.5, 0.6) is 5.75 Å². The Hall–Kier alpha value is -2.41. The van der Waals surface area contributed by atoms with Crippen molar-refractivity contribution in [3.63, 3.8) is 0 Å². The Morgan fingerprint density at radius 3 is 2.83 bits per heavy atom. The van der Waals surface area contributed by atoms with E-state index in [-0.39, 0.29) is 12.0 Å². The fourth-order valence-electron chi connectivity index (χ4n) is 2.82. The third kappa shape index (κ3) is 3.73. The molecule has 1 aliphatic heterocycles. The largest absolute Gasteiger partial charge is 0.497 e. The van der Waals surface area contributed by atoms with Crippen LogP contribution in [-0.2, 0) is 23.0 Å². The average Bonchev–Trinajstić information content (AvgIpc) is 3.06. The number of benzene rings is 1. The van der Waals surface area contributed by atoms with E-state index in [2.05, 4.69) is 10.2 Å². The molecule has 1 atom stereocenters. The van der Waals surface area contributed by atoms with Crippen molar-refractivity contribution in [2.75, 3.05) is 26.8 Å². The van der Waals surface area contributed by atoms with Crippen molar-refractivity contribution < 1.29 is 14.3 Å². The summed E-state index contributed by atoms with van der Waals surface area (Å²) in [7, 11) is 3.52. The Morgan fingerprint density at radius 2 is 2.17 bits per heavy atom.